The van der Waals surface area contributed by atoms with Crippen LogP contribution in [-0.4, -0.2) is 50.4 Å². The van der Waals surface area contributed by atoms with Gasteiger partial charge in [-0.05, 0) is 74.7 Å². The Balaban J connectivity index is 1.84. The van der Waals surface area contributed by atoms with E-state index < -0.39 is 28.5 Å². The molecular weight excluding hydrogens is 634 g/mol. The molecule has 4 aromatic rings. The summed E-state index contributed by atoms with van der Waals surface area (Å²) in [5.41, 5.74) is 2.71. The number of para-hydroxylation sites is 2. The molecule has 47 heavy (non-hydrogen) atoms. The zero-order valence-electron chi connectivity index (χ0n) is 27.2. The van der Waals surface area contributed by atoms with Gasteiger partial charge in [-0.3, -0.25) is 13.9 Å². The highest BCUT2D eigenvalue weighted by Gasteiger charge is 2.35. The molecule has 0 saturated carbocycles. The third-order valence-electron chi connectivity index (χ3n) is 7.86. The van der Waals surface area contributed by atoms with E-state index in [9.17, 15) is 18.0 Å². The Labute approximate surface area is 283 Å². The molecule has 10 heteroatoms. The molecule has 0 aliphatic carbocycles. The number of rotatable bonds is 15. The van der Waals surface area contributed by atoms with Gasteiger partial charge in [0.2, 0.25) is 11.8 Å². The molecule has 2 atom stereocenters. The number of nitrogens with one attached hydrogen (secondary N) is 1. The predicted octanol–water partition coefficient (Wildman–Crippen LogP) is 6.80. The lowest BCUT2D eigenvalue weighted by molar-refractivity contribution is -0.140. The van der Waals surface area contributed by atoms with Crippen LogP contribution < -0.4 is 14.4 Å². The van der Waals surface area contributed by atoms with E-state index >= 15 is 0 Å². The number of hydrogen-bond acceptors (Lipinski definition) is 5. The van der Waals surface area contributed by atoms with E-state index in [-0.39, 0.29) is 35.5 Å². The van der Waals surface area contributed by atoms with Crippen molar-refractivity contribution in [3.63, 3.8) is 0 Å². The van der Waals surface area contributed by atoms with E-state index in [0.717, 1.165) is 21.0 Å². The SMILES string of the molecule is CCOc1ccccc1N(CC(=O)N(Cc1ccc(Cl)cc1)[C@@H](Cc1ccccc1)C(=O)N[C@H](C)CC)S(=O)(=O)c1ccc(C)cc1. The molecule has 0 spiro atoms. The number of anilines is 1. The zero-order valence-corrected chi connectivity index (χ0v) is 28.8. The van der Waals surface area contributed by atoms with Crippen LogP contribution in [0.4, 0.5) is 5.69 Å². The van der Waals surface area contributed by atoms with Crippen molar-refractivity contribution in [2.45, 2.75) is 64.1 Å². The maximum Gasteiger partial charge on any atom is 0.264 e. The molecule has 0 aliphatic heterocycles. The van der Waals surface area contributed by atoms with E-state index in [4.69, 9.17) is 16.3 Å². The maximum absolute atomic E-state index is 14.7. The van der Waals surface area contributed by atoms with E-state index in [1.807, 2.05) is 51.1 Å². The van der Waals surface area contributed by atoms with Crippen LogP contribution in [0.1, 0.15) is 43.9 Å². The Kier molecular flexibility index (Phi) is 12.4. The number of aryl methyl sites for hydroxylation is 1. The van der Waals surface area contributed by atoms with Crippen molar-refractivity contribution in [3.05, 3.63) is 125 Å². The number of hydrogen-bond donors (Lipinski definition) is 1. The van der Waals surface area contributed by atoms with Gasteiger partial charge in [-0.1, -0.05) is 90.8 Å². The molecule has 0 aliphatic rings. The second-order valence-corrected chi connectivity index (χ2v) is 13.7. The van der Waals surface area contributed by atoms with Crippen LogP contribution in [0, 0.1) is 6.92 Å². The number of carbonyl (C=O) groups is 2. The summed E-state index contributed by atoms with van der Waals surface area (Å²) < 4.78 is 35.6. The molecule has 0 aromatic heterocycles. The number of nitrogens with zero attached hydrogens (tertiary/aromatic N) is 2. The summed E-state index contributed by atoms with van der Waals surface area (Å²) in [5.74, 6) is -0.562. The van der Waals surface area contributed by atoms with Gasteiger partial charge in [0.25, 0.3) is 10.0 Å². The van der Waals surface area contributed by atoms with Gasteiger partial charge in [-0.15, -0.1) is 0 Å². The fraction of sp³-hybridized carbons (Fsp3) is 0.297. The van der Waals surface area contributed by atoms with Crippen molar-refractivity contribution in [2.24, 2.45) is 0 Å². The molecule has 248 valence electrons. The number of amides is 2. The van der Waals surface area contributed by atoms with Crippen molar-refractivity contribution in [3.8, 4) is 5.75 Å². The first-order valence-electron chi connectivity index (χ1n) is 15.7. The number of sulfonamides is 1. The summed E-state index contributed by atoms with van der Waals surface area (Å²) in [4.78, 5) is 30.1. The molecule has 4 rings (SSSR count). The van der Waals surface area contributed by atoms with Gasteiger partial charge in [0.05, 0.1) is 17.2 Å². The molecular formula is C37H42ClN3O5S. The minimum Gasteiger partial charge on any atom is -0.492 e. The first kappa shape index (κ1) is 35.5. The lowest BCUT2D eigenvalue weighted by Gasteiger charge is -2.34. The fourth-order valence-corrected chi connectivity index (χ4v) is 6.62. The summed E-state index contributed by atoms with van der Waals surface area (Å²) >= 11 is 6.17. The quantitative estimate of drug-likeness (QED) is 0.150. The molecule has 8 nitrogen and oxygen atoms in total. The smallest absolute Gasteiger partial charge is 0.264 e. The van der Waals surface area contributed by atoms with Crippen molar-refractivity contribution < 1.29 is 22.7 Å². The van der Waals surface area contributed by atoms with Crippen molar-refractivity contribution in [2.75, 3.05) is 17.5 Å². The third kappa shape index (κ3) is 9.36. The van der Waals surface area contributed by atoms with Crippen LogP contribution in [0.3, 0.4) is 0 Å². The second kappa shape index (κ2) is 16.5. The lowest BCUT2D eigenvalue weighted by Crippen LogP contribution is -2.54. The molecule has 0 unspecified atom stereocenters. The standard InChI is InChI=1S/C37H42ClN3O5S/c1-5-28(4)39-37(43)34(24-29-12-8-7-9-13-29)40(25-30-18-20-31(38)21-19-30)36(42)26-41(33-14-10-11-15-35(33)46-6-2)47(44,45)32-22-16-27(3)17-23-32/h7-23,28,34H,5-6,24-26H2,1-4H3,(H,39,43)/t28-,34+/m1/s1. The molecule has 0 radical (unpaired) electrons. The number of carbonyl (C=O) groups excluding carboxylic acids is 2. The van der Waals surface area contributed by atoms with Gasteiger partial charge < -0.3 is 15.0 Å². The Morgan fingerprint density at radius 1 is 0.851 bits per heavy atom. The van der Waals surface area contributed by atoms with E-state index in [1.54, 1.807) is 67.6 Å². The number of benzene rings is 4. The minimum absolute atomic E-state index is 0.0294. The molecule has 2 amide bonds. The summed E-state index contributed by atoms with van der Waals surface area (Å²) in [6.07, 6.45) is 0.925. The Bertz CT molecular complexity index is 1730. The van der Waals surface area contributed by atoms with Gasteiger partial charge >= 0.3 is 0 Å². The Morgan fingerprint density at radius 2 is 1.49 bits per heavy atom. The van der Waals surface area contributed by atoms with E-state index in [1.165, 1.54) is 17.0 Å². The first-order valence-corrected chi connectivity index (χ1v) is 17.5. The van der Waals surface area contributed by atoms with Crippen LogP contribution in [0.15, 0.2) is 108 Å². The van der Waals surface area contributed by atoms with E-state index in [0.29, 0.717) is 23.8 Å². The summed E-state index contributed by atoms with van der Waals surface area (Å²) in [5, 5.41) is 3.58. The zero-order chi connectivity index (χ0) is 34.0. The Hall–Kier alpha value is -4.34. The van der Waals surface area contributed by atoms with Gasteiger partial charge in [-0.25, -0.2) is 8.42 Å². The third-order valence-corrected chi connectivity index (χ3v) is 9.89. The normalized spacial score (nSPS) is 12.5. The molecule has 0 saturated heterocycles. The van der Waals surface area contributed by atoms with Crippen LogP contribution in [-0.2, 0) is 32.6 Å². The van der Waals surface area contributed by atoms with Gasteiger partial charge in [0.1, 0.15) is 18.3 Å². The van der Waals surface area contributed by atoms with Crippen LogP contribution in [0.2, 0.25) is 5.02 Å². The minimum atomic E-state index is -4.26. The molecule has 0 bridgehead atoms. The molecule has 4 aromatic carbocycles. The largest absolute Gasteiger partial charge is 0.492 e. The van der Waals surface area contributed by atoms with Gasteiger partial charge in [0, 0.05) is 24.0 Å². The highest BCUT2D eigenvalue weighted by atomic mass is 35.5. The van der Waals surface area contributed by atoms with Crippen LogP contribution in [0.5, 0.6) is 5.75 Å². The molecule has 1 N–H and O–H groups in total. The monoisotopic (exact) mass is 675 g/mol. The van der Waals surface area contributed by atoms with Crippen molar-refractivity contribution >= 4 is 39.1 Å². The van der Waals surface area contributed by atoms with Crippen molar-refractivity contribution in [1.29, 1.82) is 0 Å². The lowest BCUT2D eigenvalue weighted by atomic mass is 10.0. The molecule has 0 heterocycles. The van der Waals surface area contributed by atoms with Crippen LogP contribution in [0.25, 0.3) is 0 Å². The second-order valence-electron chi connectivity index (χ2n) is 11.4. The summed E-state index contributed by atoms with van der Waals surface area (Å²) in [6, 6.07) is 28.6. The highest BCUT2D eigenvalue weighted by molar-refractivity contribution is 7.92. The molecule has 0 fully saturated rings. The summed E-state index contributed by atoms with van der Waals surface area (Å²) in [6.45, 7) is 7.32. The predicted molar refractivity (Wildman–Crippen MR) is 187 cm³/mol. The maximum atomic E-state index is 14.7. The van der Waals surface area contributed by atoms with E-state index in [2.05, 4.69) is 5.32 Å². The number of ether oxygens (including phenoxy) is 1. The first-order chi connectivity index (χ1) is 22.5. The average Bonchev–Trinajstić information content (AvgIpc) is 3.07. The van der Waals surface area contributed by atoms with Crippen LogP contribution >= 0.6 is 11.6 Å². The van der Waals surface area contributed by atoms with Gasteiger partial charge in [-0.2, -0.15) is 0 Å². The van der Waals surface area contributed by atoms with Crippen molar-refractivity contribution in [1.82, 2.24) is 10.2 Å². The highest BCUT2D eigenvalue weighted by Crippen LogP contribution is 2.33. The summed E-state index contributed by atoms with van der Waals surface area (Å²) in [7, 11) is -4.26. The Morgan fingerprint density at radius 3 is 2.13 bits per heavy atom. The van der Waals surface area contributed by atoms with Gasteiger partial charge in [0.15, 0.2) is 0 Å². The fourth-order valence-electron chi connectivity index (χ4n) is 5.07. The topological polar surface area (TPSA) is 96.0 Å². The average molecular weight is 676 g/mol. The number of halogens is 1.